The average molecular weight is 206 g/mol. The summed E-state index contributed by atoms with van der Waals surface area (Å²) in [5.74, 6) is 0. The predicted molar refractivity (Wildman–Crippen MR) is 60.6 cm³/mol. The van der Waals surface area contributed by atoms with E-state index in [1.165, 1.54) is 0 Å². The highest BCUT2D eigenvalue weighted by Crippen LogP contribution is 2.20. The van der Waals surface area contributed by atoms with Gasteiger partial charge in [-0.1, -0.05) is 18.2 Å². The van der Waals surface area contributed by atoms with Crippen molar-refractivity contribution < 1.29 is 4.39 Å². The number of aromatic nitrogens is 1. The maximum atomic E-state index is 13.5. The summed E-state index contributed by atoms with van der Waals surface area (Å²) >= 11 is 0. The molecule has 0 radical (unpaired) electrons. The number of aromatic amines is 1. The summed E-state index contributed by atoms with van der Waals surface area (Å²) in [6, 6.07) is 7.97. The van der Waals surface area contributed by atoms with Crippen LogP contribution in [-0.2, 0) is 6.42 Å². The van der Waals surface area contributed by atoms with E-state index in [9.17, 15) is 4.39 Å². The number of nitrogens with zero attached hydrogens (tertiary/aromatic N) is 1. The van der Waals surface area contributed by atoms with Gasteiger partial charge in [-0.15, -0.1) is 0 Å². The number of nitrogens with one attached hydrogen (secondary N) is 1. The molecule has 0 amide bonds. The Labute approximate surface area is 88.7 Å². The predicted octanol–water partition coefficient (Wildman–Crippen LogP) is 2.57. The van der Waals surface area contributed by atoms with Crippen molar-refractivity contribution >= 4 is 10.9 Å². The van der Waals surface area contributed by atoms with Crippen molar-refractivity contribution in [3.8, 4) is 0 Å². The third-order valence-electron chi connectivity index (χ3n) is 2.62. The van der Waals surface area contributed by atoms with E-state index in [4.69, 9.17) is 0 Å². The summed E-state index contributed by atoms with van der Waals surface area (Å²) in [7, 11) is 3.50. The van der Waals surface area contributed by atoms with Crippen LogP contribution < -0.4 is 0 Å². The van der Waals surface area contributed by atoms with E-state index in [-0.39, 0.29) is 0 Å². The van der Waals surface area contributed by atoms with Gasteiger partial charge < -0.3 is 4.98 Å². The Morgan fingerprint density at radius 1 is 1.33 bits per heavy atom. The van der Waals surface area contributed by atoms with Crippen LogP contribution in [0.1, 0.15) is 5.56 Å². The topological polar surface area (TPSA) is 19.0 Å². The van der Waals surface area contributed by atoms with Gasteiger partial charge >= 0.3 is 0 Å². The van der Waals surface area contributed by atoms with Crippen LogP contribution in [0.5, 0.6) is 0 Å². The van der Waals surface area contributed by atoms with Crippen LogP contribution in [0.3, 0.4) is 0 Å². The molecule has 1 atom stereocenters. The normalized spacial score (nSPS) is 13.6. The Bertz CT molecular complexity index is 448. The SMILES string of the molecule is CN(C)C(F)Cc1c[nH]c2ccccc12. The molecule has 80 valence electrons. The van der Waals surface area contributed by atoms with Gasteiger partial charge in [0.15, 0.2) is 6.30 Å². The van der Waals surface area contributed by atoms with Gasteiger partial charge in [0.2, 0.25) is 0 Å². The molecule has 1 unspecified atom stereocenters. The number of H-pyrrole nitrogens is 1. The molecule has 2 aromatic rings. The van der Waals surface area contributed by atoms with Crippen molar-refractivity contribution in [1.29, 1.82) is 0 Å². The Hall–Kier alpha value is -1.35. The summed E-state index contributed by atoms with van der Waals surface area (Å²) in [5.41, 5.74) is 2.10. The lowest BCUT2D eigenvalue weighted by molar-refractivity contribution is 0.138. The van der Waals surface area contributed by atoms with Crippen molar-refractivity contribution in [2.75, 3.05) is 14.1 Å². The first-order chi connectivity index (χ1) is 7.18. The molecular weight excluding hydrogens is 191 g/mol. The molecule has 0 fully saturated rings. The minimum atomic E-state index is -0.927. The summed E-state index contributed by atoms with van der Waals surface area (Å²) in [4.78, 5) is 4.73. The molecule has 1 aromatic heterocycles. The smallest absolute Gasteiger partial charge is 0.157 e. The molecule has 0 saturated carbocycles. The minimum absolute atomic E-state index is 0.428. The van der Waals surface area contributed by atoms with E-state index < -0.39 is 6.30 Å². The van der Waals surface area contributed by atoms with Crippen molar-refractivity contribution in [2.45, 2.75) is 12.7 Å². The van der Waals surface area contributed by atoms with Crippen LogP contribution in [0.15, 0.2) is 30.5 Å². The second-order valence-electron chi connectivity index (χ2n) is 3.96. The Morgan fingerprint density at radius 3 is 2.80 bits per heavy atom. The second-order valence-corrected chi connectivity index (χ2v) is 3.96. The van der Waals surface area contributed by atoms with Gasteiger partial charge in [0.05, 0.1) is 0 Å². The maximum Gasteiger partial charge on any atom is 0.157 e. The highest BCUT2D eigenvalue weighted by molar-refractivity contribution is 5.83. The molecule has 1 heterocycles. The van der Waals surface area contributed by atoms with Gasteiger partial charge in [-0.2, -0.15) is 0 Å². The minimum Gasteiger partial charge on any atom is -0.361 e. The second kappa shape index (κ2) is 4.03. The molecular formula is C12H15FN2. The number of para-hydroxylation sites is 1. The maximum absolute atomic E-state index is 13.5. The summed E-state index contributed by atoms with van der Waals surface area (Å²) in [6.45, 7) is 0. The average Bonchev–Trinajstić information content (AvgIpc) is 2.62. The lowest BCUT2D eigenvalue weighted by Crippen LogP contribution is -2.25. The molecule has 0 aliphatic heterocycles. The van der Waals surface area contributed by atoms with Crippen LogP contribution >= 0.6 is 0 Å². The van der Waals surface area contributed by atoms with E-state index >= 15 is 0 Å². The first-order valence-electron chi connectivity index (χ1n) is 5.04. The first-order valence-corrected chi connectivity index (χ1v) is 5.04. The molecule has 0 aliphatic carbocycles. The van der Waals surface area contributed by atoms with Crippen LogP contribution in [0, 0.1) is 0 Å². The zero-order valence-corrected chi connectivity index (χ0v) is 9.00. The molecule has 2 nitrogen and oxygen atoms in total. The largest absolute Gasteiger partial charge is 0.361 e. The Kier molecular flexibility index (Phi) is 2.73. The van der Waals surface area contributed by atoms with Crippen molar-refractivity contribution in [3.63, 3.8) is 0 Å². The van der Waals surface area contributed by atoms with Gasteiger partial charge in [0.1, 0.15) is 0 Å². The summed E-state index contributed by atoms with van der Waals surface area (Å²) < 4.78 is 13.5. The molecule has 0 saturated heterocycles. The third kappa shape index (κ3) is 2.02. The molecule has 1 N–H and O–H groups in total. The molecule has 0 bridgehead atoms. The number of likely N-dealkylation sites (N-methyl/N-ethyl adjacent to an activating group) is 1. The van der Waals surface area contributed by atoms with Crippen molar-refractivity contribution in [2.24, 2.45) is 0 Å². The summed E-state index contributed by atoms with van der Waals surface area (Å²) in [5, 5.41) is 1.11. The fourth-order valence-corrected chi connectivity index (χ4v) is 1.66. The van der Waals surface area contributed by atoms with Crippen molar-refractivity contribution in [3.05, 3.63) is 36.0 Å². The van der Waals surface area contributed by atoms with Crippen LogP contribution in [0.25, 0.3) is 10.9 Å². The fourth-order valence-electron chi connectivity index (χ4n) is 1.66. The van der Waals surface area contributed by atoms with Crippen molar-refractivity contribution in [1.82, 2.24) is 9.88 Å². The monoisotopic (exact) mass is 206 g/mol. The number of benzene rings is 1. The van der Waals surface area contributed by atoms with Gasteiger partial charge in [0, 0.05) is 23.5 Å². The van der Waals surface area contributed by atoms with Crippen LogP contribution in [-0.4, -0.2) is 30.3 Å². The highest BCUT2D eigenvalue weighted by atomic mass is 19.1. The Morgan fingerprint density at radius 2 is 2.07 bits per heavy atom. The quantitative estimate of drug-likeness (QED) is 0.765. The molecule has 3 heteroatoms. The third-order valence-corrected chi connectivity index (χ3v) is 2.62. The lowest BCUT2D eigenvalue weighted by atomic mass is 10.1. The molecule has 0 spiro atoms. The highest BCUT2D eigenvalue weighted by Gasteiger charge is 2.12. The number of fused-ring (bicyclic) bond motifs is 1. The van der Waals surface area contributed by atoms with Gasteiger partial charge in [-0.3, -0.25) is 4.90 Å². The van der Waals surface area contributed by atoms with Crippen LogP contribution in [0.4, 0.5) is 4.39 Å². The van der Waals surface area contributed by atoms with Gasteiger partial charge in [-0.25, -0.2) is 4.39 Å². The van der Waals surface area contributed by atoms with E-state index in [1.807, 2.05) is 30.5 Å². The Balaban J connectivity index is 2.29. The molecule has 15 heavy (non-hydrogen) atoms. The molecule has 0 aliphatic rings. The number of alkyl halides is 1. The fraction of sp³-hybridized carbons (Fsp3) is 0.333. The number of hydrogen-bond donors (Lipinski definition) is 1. The van der Waals surface area contributed by atoms with Gasteiger partial charge in [-0.05, 0) is 25.7 Å². The first kappa shape index (κ1) is 10.2. The number of halogens is 1. The van der Waals surface area contributed by atoms with E-state index in [1.54, 1.807) is 19.0 Å². The standard InChI is InChI=1S/C12H15FN2/c1-15(2)12(13)7-9-8-14-11-6-4-3-5-10(9)11/h3-6,8,12,14H,7H2,1-2H3. The van der Waals surface area contributed by atoms with E-state index in [2.05, 4.69) is 4.98 Å². The summed E-state index contributed by atoms with van der Waals surface area (Å²) in [6.07, 6.45) is 1.39. The molecule has 1 aromatic carbocycles. The zero-order valence-electron chi connectivity index (χ0n) is 9.00. The van der Waals surface area contributed by atoms with Crippen LogP contribution in [0.2, 0.25) is 0 Å². The lowest BCUT2D eigenvalue weighted by Gasteiger charge is -2.15. The zero-order chi connectivity index (χ0) is 10.8. The van der Waals surface area contributed by atoms with E-state index in [0.29, 0.717) is 6.42 Å². The molecule has 2 rings (SSSR count). The van der Waals surface area contributed by atoms with Gasteiger partial charge in [0.25, 0.3) is 0 Å². The number of hydrogen-bond acceptors (Lipinski definition) is 1. The van der Waals surface area contributed by atoms with E-state index in [0.717, 1.165) is 16.5 Å². The number of rotatable bonds is 3.